The van der Waals surface area contributed by atoms with Crippen molar-refractivity contribution in [3.05, 3.63) is 188 Å². The molecule has 4 heterocycles. The first-order chi connectivity index (χ1) is 30.7. The molecule has 0 bridgehead atoms. The first-order valence-electron chi connectivity index (χ1n) is 20.6. The molecule has 0 aliphatic rings. The predicted molar refractivity (Wildman–Crippen MR) is 255 cm³/mol. The number of fused-ring (bicyclic) bond motifs is 12. The Bertz CT molecular complexity index is 3890. The largest absolute Gasteiger partial charge is 0.455 e. The minimum atomic E-state index is 0.548. The predicted octanol–water partition coefficient (Wildman–Crippen LogP) is 14.7. The van der Waals surface area contributed by atoms with E-state index in [4.69, 9.17) is 29.3 Å². The van der Waals surface area contributed by atoms with E-state index >= 15 is 0 Å². The van der Waals surface area contributed by atoms with E-state index in [1.807, 2.05) is 42.5 Å². The summed E-state index contributed by atoms with van der Waals surface area (Å²) in [5.74, 6) is 1.74. The zero-order valence-electron chi connectivity index (χ0n) is 33.0. The Morgan fingerprint density at radius 1 is 0.371 bits per heavy atom. The number of hydrogen-bond acceptors (Lipinski definition) is 7. The number of furan rings is 1. The zero-order chi connectivity index (χ0) is 40.7. The van der Waals surface area contributed by atoms with Gasteiger partial charge in [0.05, 0.1) is 16.8 Å². The lowest BCUT2D eigenvalue weighted by Crippen LogP contribution is -2.00. The van der Waals surface area contributed by atoms with Crippen LogP contribution in [0.15, 0.2) is 193 Å². The molecular formula is C55H31N5OS. The number of nitrogens with zero attached hydrogens (tertiary/aromatic N) is 5. The molecule has 288 valence electrons. The quantitative estimate of drug-likeness (QED) is 0.161. The van der Waals surface area contributed by atoms with Gasteiger partial charge in [-0.15, -0.1) is 11.3 Å². The Balaban J connectivity index is 1.03. The highest BCUT2D eigenvalue weighted by molar-refractivity contribution is 7.26. The van der Waals surface area contributed by atoms with Crippen LogP contribution < -0.4 is 0 Å². The maximum absolute atomic E-state index is 6.73. The van der Waals surface area contributed by atoms with Crippen molar-refractivity contribution in [2.75, 3.05) is 0 Å². The number of aromatic nitrogens is 5. The van der Waals surface area contributed by atoms with Gasteiger partial charge in [-0.1, -0.05) is 158 Å². The molecule has 6 nitrogen and oxygen atoms in total. The minimum absolute atomic E-state index is 0.548. The highest BCUT2D eigenvalue weighted by Crippen LogP contribution is 2.46. The Morgan fingerprint density at radius 2 is 0.935 bits per heavy atom. The Hall–Kier alpha value is -8.13. The molecule has 62 heavy (non-hydrogen) atoms. The topological polar surface area (TPSA) is 77.6 Å². The second kappa shape index (κ2) is 13.7. The molecule has 4 aromatic heterocycles. The first-order valence-corrected chi connectivity index (χ1v) is 21.4. The van der Waals surface area contributed by atoms with Crippen molar-refractivity contribution in [3.63, 3.8) is 0 Å². The maximum Gasteiger partial charge on any atom is 0.167 e. The lowest BCUT2D eigenvalue weighted by atomic mass is 9.94. The molecule has 0 radical (unpaired) electrons. The van der Waals surface area contributed by atoms with Gasteiger partial charge in [-0.05, 0) is 51.6 Å². The van der Waals surface area contributed by atoms with E-state index in [-0.39, 0.29) is 0 Å². The Kier molecular flexibility index (Phi) is 7.67. The Labute approximate surface area is 358 Å². The van der Waals surface area contributed by atoms with Crippen LogP contribution in [-0.4, -0.2) is 24.9 Å². The average molecular weight is 810 g/mol. The molecule has 0 aliphatic carbocycles. The van der Waals surface area contributed by atoms with Crippen LogP contribution in [-0.2, 0) is 0 Å². The van der Waals surface area contributed by atoms with Crippen molar-refractivity contribution in [2.24, 2.45) is 0 Å². The smallest absolute Gasteiger partial charge is 0.167 e. The normalized spacial score (nSPS) is 11.9. The number of hydrogen-bond donors (Lipinski definition) is 0. The van der Waals surface area contributed by atoms with Crippen LogP contribution >= 0.6 is 11.3 Å². The molecule has 13 rings (SSSR count). The summed E-state index contributed by atoms with van der Waals surface area (Å²) in [5.41, 5.74) is 9.37. The SMILES string of the molecule is c1ccc(-c2ccc3c(c2)oc2c(-c4nc(-c5ccccc5)nc(-c5cccc6c5sc5c(-c7ncnc8c9ccccc9c9ccccc9c78)cccc56)n4)cccc23)cc1. The summed E-state index contributed by atoms with van der Waals surface area (Å²) in [5, 5.41) is 10.0. The van der Waals surface area contributed by atoms with E-state index in [0.717, 1.165) is 103 Å². The van der Waals surface area contributed by atoms with Gasteiger partial charge in [0.2, 0.25) is 0 Å². The van der Waals surface area contributed by atoms with Gasteiger partial charge in [0.25, 0.3) is 0 Å². The molecule has 0 spiro atoms. The van der Waals surface area contributed by atoms with Crippen molar-refractivity contribution < 1.29 is 4.42 Å². The molecular weight excluding hydrogens is 779 g/mol. The van der Waals surface area contributed by atoms with Gasteiger partial charge >= 0.3 is 0 Å². The van der Waals surface area contributed by atoms with Crippen molar-refractivity contribution in [1.29, 1.82) is 0 Å². The summed E-state index contributed by atoms with van der Waals surface area (Å²) in [6.07, 6.45) is 1.71. The highest BCUT2D eigenvalue weighted by Gasteiger charge is 2.22. The third-order valence-electron chi connectivity index (χ3n) is 12.1. The van der Waals surface area contributed by atoms with Gasteiger partial charge < -0.3 is 4.42 Å². The van der Waals surface area contributed by atoms with Gasteiger partial charge in [0.15, 0.2) is 17.5 Å². The van der Waals surface area contributed by atoms with Gasteiger partial charge in [-0.2, -0.15) is 0 Å². The molecule has 0 unspecified atom stereocenters. The van der Waals surface area contributed by atoms with Gasteiger partial charge in [0.1, 0.15) is 17.5 Å². The van der Waals surface area contributed by atoms with E-state index in [2.05, 4.69) is 140 Å². The second-order valence-corrected chi connectivity index (χ2v) is 16.6. The zero-order valence-corrected chi connectivity index (χ0v) is 33.8. The number of thiophene rings is 1. The molecule has 9 aromatic carbocycles. The summed E-state index contributed by atoms with van der Waals surface area (Å²) in [4.78, 5) is 25.6. The highest BCUT2D eigenvalue weighted by atomic mass is 32.1. The molecule has 0 fully saturated rings. The summed E-state index contributed by atoms with van der Waals surface area (Å²) in [6, 6.07) is 63.2. The summed E-state index contributed by atoms with van der Waals surface area (Å²) in [7, 11) is 0. The van der Waals surface area contributed by atoms with Crippen LogP contribution in [0.5, 0.6) is 0 Å². The second-order valence-electron chi connectivity index (χ2n) is 15.5. The standard InChI is InChI=1S/C55H31N5OS/c1-3-14-32(15-4-1)34-28-29-37-40-22-11-26-44(50(40)61-46(37)30-34)54-58-53(33-16-5-2-6-17-33)59-55(60-54)45-27-13-24-42-41-23-12-25-43(51(41)62-52(42)45)49-47-38-20-9-7-18-35(38)36-19-8-10-21-39(36)48(47)56-31-57-49/h1-31H. The Morgan fingerprint density at radius 3 is 1.69 bits per heavy atom. The van der Waals surface area contributed by atoms with Crippen molar-refractivity contribution in [3.8, 4) is 56.5 Å². The molecule has 0 aliphatic heterocycles. The molecule has 0 N–H and O–H groups in total. The minimum Gasteiger partial charge on any atom is -0.455 e. The van der Waals surface area contributed by atoms with Gasteiger partial charge in [-0.25, -0.2) is 24.9 Å². The van der Waals surface area contributed by atoms with E-state index in [1.165, 1.54) is 10.8 Å². The lowest BCUT2D eigenvalue weighted by Gasteiger charge is -2.13. The number of para-hydroxylation sites is 1. The third kappa shape index (κ3) is 5.32. The average Bonchev–Trinajstić information content (AvgIpc) is 3.93. The van der Waals surface area contributed by atoms with Gasteiger partial charge in [0, 0.05) is 58.4 Å². The van der Waals surface area contributed by atoms with Crippen LogP contribution in [0.4, 0.5) is 0 Å². The fourth-order valence-corrected chi connectivity index (χ4v) is 10.5. The summed E-state index contributed by atoms with van der Waals surface area (Å²) in [6.45, 7) is 0. The number of benzene rings is 9. The fraction of sp³-hybridized carbons (Fsp3) is 0. The van der Waals surface area contributed by atoms with Crippen LogP contribution in [0.25, 0.3) is 131 Å². The van der Waals surface area contributed by atoms with Crippen LogP contribution in [0.1, 0.15) is 0 Å². The van der Waals surface area contributed by atoms with E-state index < -0.39 is 0 Å². The third-order valence-corrected chi connectivity index (χ3v) is 13.3. The van der Waals surface area contributed by atoms with E-state index in [0.29, 0.717) is 17.5 Å². The maximum atomic E-state index is 6.73. The molecule has 0 saturated heterocycles. The summed E-state index contributed by atoms with van der Waals surface area (Å²) < 4.78 is 8.97. The number of rotatable bonds is 5. The van der Waals surface area contributed by atoms with Crippen molar-refractivity contribution in [2.45, 2.75) is 0 Å². The molecule has 0 amide bonds. The van der Waals surface area contributed by atoms with Gasteiger partial charge in [-0.3, -0.25) is 0 Å². The molecule has 13 aromatic rings. The molecule has 0 saturated carbocycles. The van der Waals surface area contributed by atoms with Crippen LogP contribution in [0.3, 0.4) is 0 Å². The van der Waals surface area contributed by atoms with Crippen molar-refractivity contribution >= 4 is 85.9 Å². The monoisotopic (exact) mass is 809 g/mol. The molecule has 7 heteroatoms. The van der Waals surface area contributed by atoms with Crippen LogP contribution in [0.2, 0.25) is 0 Å². The van der Waals surface area contributed by atoms with E-state index in [1.54, 1.807) is 17.7 Å². The lowest BCUT2D eigenvalue weighted by molar-refractivity contribution is 0.669. The van der Waals surface area contributed by atoms with E-state index in [9.17, 15) is 0 Å². The molecule has 0 atom stereocenters. The summed E-state index contributed by atoms with van der Waals surface area (Å²) >= 11 is 1.75. The fourth-order valence-electron chi connectivity index (χ4n) is 9.21. The first kappa shape index (κ1) is 34.7. The van der Waals surface area contributed by atoms with Crippen LogP contribution in [0, 0.1) is 0 Å². The van der Waals surface area contributed by atoms with Crippen molar-refractivity contribution in [1.82, 2.24) is 24.9 Å².